The van der Waals surface area contributed by atoms with Gasteiger partial charge in [-0.05, 0) is 36.2 Å². The van der Waals surface area contributed by atoms with Gasteiger partial charge in [-0.3, -0.25) is 9.78 Å². The molecule has 0 bridgehead atoms. The fraction of sp³-hybridized carbons (Fsp3) is 0.263. The number of benzene rings is 1. The summed E-state index contributed by atoms with van der Waals surface area (Å²) in [6, 6.07) is 11.3. The molecule has 0 radical (unpaired) electrons. The average molecular weight is 324 g/mol. The summed E-state index contributed by atoms with van der Waals surface area (Å²) in [5.74, 6) is 7.17. The van der Waals surface area contributed by atoms with Gasteiger partial charge in [-0.2, -0.15) is 0 Å². The second kappa shape index (κ2) is 9.90. The Bertz CT molecular complexity index is 688. The molecule has 0 aliphatic carbocycles. The van der Waals surface area contributed by atoms with E-state index in [4.69, 9.17) is 9.47 Å². The van der Waals surface area contributed by atoms with Gasteiger partial charge in [0.2, 0.25) is 5.91 Å². The molecule has 1 aromatic heterocycles. The standard InChI is InChI=1S/C19H20N2O3/c1-23-17-9-6-16(7-10-17)8-11-19(22)21-13-2-3-14-24-18-5-4-12-20-15-18/h4-7,9-10,12,15H,8,11,13-14H2,1H3,(H,21,22). The van der Waals surface area contributed by atoms with Gasteiger partial charge in [0.1, 0.15) is 18.1 Å². The van der Waals surface area contributed by atoms with Crippen LogP contribution in [0.4, 0.5) is 0 Å². The lowest BCUT2D eigenvalue weighted by Gasteiger charge is -2.04. The van der Waals surface area contributed by atoms with Crippen molar-refractivity contribution in [2.24, 2.45) is 0 Å². The summed E-state index contributed by atoms with van der Waals surface area (Å²) in [7, 11) is 1.63. The minimum absolute atomic E-state index is 0.0201. The SMILES string of the molecule is COc1ccc(CCC(=O)NCC#CCOc2cccnc2)cc1. The van der Waals surface area contributed by atoms with Crippen LogP contribution in [0, 0.1) is 11.8 Å². The molecule has 0 spiro atoms. The van der Waals surface area contributed by atoms with E-state index in [-0.39, 0.29) is 12.5 Å². The highest BCUT2D eigenvalue weighted by atomic mass is 16.5. The monoisotopic (exact) mass is 324 g/mol. The Morgan fingerprint density at radius 3 is 2.71 bits per heavy atom. The predicted octanol–water partition coefficient (Wildman–Crippen LogP) is 2.22. The third kappa shape index (κ3) is 6.41. The highest BCUT2D eigenvalue weighted by molar-refractivity contribution is 5.76. The molecular formula is C19H20N2O3. The van der Waals surface area contributed by atoms with Crippen LogP contribution in [0.15, 0.2) is 48.8 Å². The number of hydrogen-bond acceptors (Lipinski definition) is 4. The van der Waals surface area contributed by atoms with Crippen LogP contribution in [0.2, 0.25) is 0 Å². The topological polar surface area (TPSA) is 60.5 Å². The second-order valence-corrected chi connectivity index (χ2v) is 4.96. The first-order valence-electron chi connectivity index (χ1n) is 7.66. The van der Waals surface area contributed by atoms with Gasteiger partial charge in [0.25, 0.3) is 0 Å². The van der Waals surface area contributed by atoms with Crippen LogP contribution in [0.3, 0.4) is 0 Å². The number of ether oxygens (including phenoxy) is 2. The number of nitrogens with one attached hydrogen (secondary N) is 1. The number of amides is 1. The molecule has 1 aromatic carbocycles. The third-order valence-corrected chi connectivity index (χ3v) is 3.24. The summed E-state index contributed by atoms with van der Waals surface area (Å²) < 4.78 is 10.5. The highest BCUT2D eigenvalue weighted by Crippen LogP contribution is 2.12. The highest BCUT2D eigenvalue weighted by Gasteiger charge is 2.01. The van der Waals surface area contributed by atoms with Gasteiger partial charge >= 0.3 is 0 Å². The van der Waals surface area contributed by atoms with Gasteiger partial charge in [0.15, 0.2) is 0 Å². The minimum Gasteiger partial charge on any atom is -0.497 e. The maximum Gasteiger partial charge on any atom is 0.221 e. The van der Waals surface area contributed by atoms with Crippen LogP contribution >= 0.6 is 0 Å². The van der Waals surface area contributed by atoms with Crippen LogP contribution in [-0.4, -0.2) is 31.2 Å². The van der Waals surface area contributed by atoms with Crippen molar-refractivity contribution in [3.05, 3.63) is 54.4 Å². The van der Waals surface area contributed by atoms with Crippen LogP contribution in [0.1, 0.15) is 12.0 Å². The van der Waals surface area contributed by atoms with Crippen molar-refractivity contribution in [3.8, 4) is 23.3 Å². The van der Waals surface area contributed by atoms with E-state index in [0.29, 0.717) is 25.1 Å². The zero-order valence-corrected chi connectivity index (χ0v) is 13.6. The molecule has 0 saturated carbocycles. The Hall–Kier alpha value is -3.00. The zero-order chi connectivity index (χ0) is 17.0. The van der Waals surface area contributed by atoms with Crippen LogP contribution in [0.5, 0.6) is 11.5 Å². The summed E-state index contributed by atoms with van der Waals surface area (Å²) in [4.78, 5) is 15.7. The lowest BCUT2D eigenvalue weighted by Crippen LogP contribution is -2.23. The molecular weight excluding hydrogens is 304 g/mol. The predicted molar refractivity (Wildman–Crippen MR) is 91.8 cm³/mol. The Balaban J connectivity index is 1.60. The maximum absolute atomic E-state index is 11.8. The van der Waals surface area contributed by atoms with Crippen molar-refractivity contribution in [2.75, 3.05) is 20.3 Å². The molecule has 5 nitrogen and oxygen atoms in total. The van der Waals surface area contributed by atoms with E-state index in [1.165, 1.54) is 0 Å². The van der Waals surface area contributed by atoms with E-state index in [1.807, 2.05) is 30.3 Å². The summed E-state index contributed by atoms with van der Waals surface area (Å²) in [5.41, 5.74) is 1.10. The number of aryl methyl sites for hydroxylation is 1. The number of hydrogen-bond donors (Lipinski definition) is 1. The van der Waals surface area contributed by atoms with E-state index in [9.17, 15) is 4.79 Å². The van der Waals surface area contributed by atoms with Crippen LogP contribution in [0.25, 0.3) is 0 Å². The molecule has 0 saturated heterocycles. The number of pyridine rings is 1. The lowest BCUT2D eigenvalue weighted by atomic mass is 10.1. The third-order valence-electron chi connectivity index (χ3n) is 3.24. The Morgan fingerprint density at radius 1 is 1.17 bits per heavy atom. The molecule has 0 atom stereocenters. The normalized spacial score (nSPS) is 9.54. The van der Waals surface area contributed by atoms with Crippen molar-refractivity contribution in [1.29, 1.82) is 0 Å². The number of carbonyl (C=O) groups excluding carboxylic acids is 1. The van der Waals surface area contributed by atoms with Gasteiger partial charge in [0.05, 0.1) is 19.9 Å². The minimum atomic E-state index is -0.0201. The largest absolute Gasteiger partial charge is 0.497 e. The first-order chi connectivity index (χ1) is 11.8. The van der Waals surface area contributed by atoms with E-state index in [2.05, 4.69) is 22.1 Å². The summed E-state index contributed by atoms with van der Waals surface area (Å²) in [5, 5.41) is 2.77. The molecule has 2 aromatic rings. The Kier molecular flexibility index (Phi) is 7.16. The van der Waals surface area contributed by atoms with Crippen LogP contribution < -0.4 is 14.8 Å². The molecule has 1 heterocycles. The van der Waals surface area contributed by atoms with E-state index < -0.39 is 0 Å². The van der Waals surface area contributed by atoms with Crippen molar-refractivity contribution in [3.63, 3.8) is 0 Å². The number of aromatic nitrogens is 1. The lowest BCUT2D eigenvalue weighted by molar-refractivity contribution is -0.120. The van der Waals surface area contributed by atoms with Gasteiger partial charge in [-0.15, -0.1) is 0 Å². The number of nitrogens with zero attached hydrogens (tertiary/aromatic N) is 1. The summed E-state index contributed by atoms with van der Waals surface area (Å²) >= 11 is 0. The van der Waals surface area contributed by atoms with Gasteiger partial charge in [-0.25, -0.2) is 0 Å². The molecule has 24 heavy (non-hydrogen) atoms. The molecule has 1 N–H and O–H groups in total. The number of methoxy groups -OCH3 is 1. The average Bonchev–Trinajstić information content (AvgIpc) is 2.64. The smallest absolute Gasteiger partial charge is 0.221 e. The quantitative estimate of drug-likeness (QED) is 0.794. The van der Waals surface area contributed by atoms with Gasteiger partial charge < -0.3 is 14.8 Å². The molecule has 0 unspecified atom stereocenters. The summed E-state index contributed by atoms with van der Waals surface area (Å²) in [6.45, 7) is 0.589. The Morgan fingerprint density at radius 2 is 2.00 bits per heavy atom. The van der Waals surface area contributed by atoms with Crippen molar-refractivity contribution < 1.29 is 14.3 Å². The van der Waals surface area contributed by atoms with Gasteiger partial charge in [-0.1, -0.05) is 24.0 Å². The number of carbonyl (C=O) groups is 1. The molecule has 0 aliphatic heterocycles. The molecule has 124 valence electrons. The fourth-order valence-corrected chi connectivity index (χ4v) is 1.95. The first kappa shape index (κ1) is 17.4. The van der Waals surface area contributed by atoms with Crippen molar-refractivity contribution >= 4 is 5.91 Å². The molecule has 2 rings (SSSR count). The van der Waals surface area contributed by atoms with E-state index >= 15 is 0 Å². The molecule has 5 heteroatoms. The van der Waals surface area contributed by atoms with Crippen molar-refractivity contribution in [2.45, 2.75) is 12.8 Å². The first-order valence-corrected chi connectivity index (χ1v) is 7.66. The van der Waals surface area contributed by atoms with Crippen LogP contribution in [-0.2, 0) is 11.2 Å². The summed E-state index contributed by atoms with van der Waals surface area (Å²) in [6.07, 6.45) is 4.43. The maximum atomic E-state index is 11.8. The van der Waals surface area contributed by atoms with Gasteiger partial charge in [0, 0.05) is 12.6 Å². The zero-order valence-electron chi connectivity index (χ0n) is 13.6. The molecule has 0 aliphatic rings. The molecule has 0 fully saturated rings. The van der Waals surface area contributed by atoms with E-state index in [1.54, 1.807) is 25.6 Å². The molecule has 1 amide bonds. The van der Waals surface area contributed by atoms with Crippen molar-refractivity contribution in [1.82, 2.24) is 10.3 Å². The fourth-order valence-electron chi connectivity index (χ4n) is 1.95. The Labute approximate surface area is 142 Å². The van der Waals surface area contributed by atoms with E-state index in [0.717, 1.165) is 11.3 Å². The number of rotatable bonds is 7. The second-order valence-electron chi connectivity index (χ2n) is 4.96.